The lowest BCUT2D eigenvalue weighted by Gasteiger charge is -2.35. The summed E-state index contributed by atoms with van der Waals surface area (Å²) in [6.45, 7) is 9.77. The van der Waals surface area contributed by atoms with Gasteiger partial charge in [-0.2, -0.15) is 0 Å². The summed E-state index contributed by atoms with van der Waals surface area (Å²) in [4.78, 5) is 2.70. The average Bonchev–Trinajstić information content (AvgIpc) is 3.12. The molecule has 0 heterocycles. The van der Waals surface area contributed by atoms with E-state index in [1.165, 1.54) is 77.5 Å². The molecule has 0 spiro atoms. The summed E-state index contributed by atoms with van der Waals surface area (Å²) in [5.74, 6) is 0. The molecule has 0 amide bonds. The van der Waals surface area contributed by atoms with Gasteiger partial charge in [-0.1, -0.05) is 33.1 Å². The fraction of sp³-hybridized carbons (Fsp3) is 1.00. The minimum Gasteiger partial charge on any atom is -0.313 e. The van der Waals surface area contributed by atoms with E-state index in [1.807, 2.05) is 0 Å². The summed E-state index contributed by atoms with van der Waals surface area (Å²) >= 11 is 0. The highest BCUT2D eigenvalue weighted by molar-refractivity contribution is 4.92. The van der Waals surface area contributed by atoms with Gasteiger partial charge >= 0.3 is 0 Å². The van der Waals surface area contributed by atoms with Crippen molar-refractivity contribution in [3.63, 3.8) is 0 Å². The highest BCUT2D eigenvalue weighted by Crippen LogP contribution is 2.39. The van der Waals surface area contributed by atoms with Gasteiger partial charge in [0.15, 0.2) is 0 Å². The molecule has 0 aromatic rings. The van der Waals surface area contributed by atoms with Gasteiger partial charge in [-0.15, -0.1) is 0 Å². The first-order valence-corrected chi connectivity index (χ1v) is 8.24. The zero-order valence-corrected chi connectivity index (χ0v) is 12.5. The van der Waals surface area contributed by atoms with Gasteiger partial charge in [-0.3, -0.25) is 0 Å². The van der Waals surface area contributed by atoms with Crippen LogP contribution < -0.4 is 5.32 Å². The van der Waals surface area contributed by atoms with Crippen molar-refractivity contribution in [3.05, 3.63) is 0 Å². The van der Waals surface area contributed by atoms with E-state index in [4.69, 9.17) is 0 Å². The number of hydrogen-bond acceptors (Lipinski definition) is 2. The second-order valence-corrected chi connectivity index (χ2v) is 6.58. The maximum absolute atomic E-state index is 3.80. The van der Waals surface area contributed by atoms with Crippen molar-refractivity contribution in [3.8, 4) is 0 Å². The van der Waals surface area contributed by atoms with Gasteiger partial charge in [0, 0.05) is 19.1 Å². The monoisotopic (exact) mass is 252 g/mol. The largest absolute Gasteiger partial charge is 0.313 e. The molecule has 0 aromatic carbocycles. The predicted molar refractivity (Wildman–Crippen MR) is 78.9 cm³/mol. The molecular formula is C16H32N2. The first kappa shape index (κ1) is 14.3. The SMILES string of the molecule is CCCCN(CC)CC1(CNC2CC2)CCCC1. The summed E-state index contributed by atoms with van der Waals surface area (Å²) in [5, 5.41) is 3.80. The Kier molecular flexibility index (Phi) is 5.50. The maximum atomic E-state index is 3.80. The van der Waals surface area contributed by atoms with Crippen LogP contribution in [0.5, 0.6) is 0 Å². The lowest BCUT2D eigenvalue weighted by atomic mass is 9.85. The Morgan fingerprint density at radius 1 is 1.17 bits per heavy atom. The fourth-order valence-electron chi connectivity index (χ4n) is 3.37. The Bertz CT molecular complexity index is 229. The molecule has 2 aliphatic rings. The lowest BCUT2D eigenvalue weighted by molar-refractivity contribution is 0.151. The van der Waals surface area contributed by atoms with Crippen LogP contribution in [0.2, 0.25) is 0 Å². The van der Waals surface area contributed by atoms with Crippen LogP contribution in [-0.4, -0.2) is 37.1 Å². The zero-order chi connectivity index (χ0) is 12.8. The highest BCUT2D eigenvalue weighted by atomic mass is 15.1. The van der Waals surface area contributed by atoms with Crippen molar-refractivity contribution in [1.29, 1.82) is 0 Å². The summed E-state index contributed by atoms with van der Waals surface area (Å²) in [5.41, 5.74) is 0.604. The van der Waals surface area contributed by atoms with Crippen LogP contribution in [0, 0.1) is 5.41 Å². The van der Waals surface area contributed by atoms with Crippen molar-refractivity contribution >= 4 is 0 Å². The quantitative estimate of drug-likeness (QED) is 0.676. The summed E-state index contributed by atoms with van der Waals surface area (Å²) in [7, 11) is 0. The van der Waals surface area contributed by atoms with Gasteiger partial charge in [-0.25, -0.2) is 0 Å². The van der Waals surface area contributed by atoms with Crippen LogP contribution in [-0.2, 0) is 0 Å². The molecule has 18 heavy (non-hydrogen) atoms. The van der Waals surface area contributed by atoms with Crippen LogP contribution in [0.3, 0.4) is 0 Å². The summed E-state index contributed by atoms with van der Waals surface area (Å²) in [6, 6.07) is 0.869. The third-order valence-electron chi connectivity index (χ3n) is 4.84. The Balaban J connectivity index is 1.82. The molecular weight excluding hydrogens is 220 g/mol. The van der Waals surface area contributed by atoms with Gasteiger partial charge in [0.2, 0.25) is 0 Å². The normalized spacial score (nSPS) is 22.8. The molecule has 0 atom stereocenters. The van der Waals surface area contributed by atoms with Crippen LogP contribution in [0.4, 0.5) is 0 Å². The van der Waals surface area contributed by atoms with Gasteiger partial charge in [0.1, 0.15) is 0 Å². The molecule has 2 nitrogen and oxygen atoms in total. The second-order valence-electron chi connectivity index (χ2n) is 6.58. The van der Waals surface area contributed by atoms with Crippen molar-refractivity contribution in [1.82, 2.24) is 10.2 Å². The second kappa shape index (κ2) is 6.91. The Hall–Kier alpha value is -0.0800. The number of nitrogens with one attached hydrogen (secondary N) is 1. The number of hydrogen-bond donors (Lipinski definition) is 1. The van der Waals surface area contributed by atoms with Crippen LogP contribution in [0.1, 0.15) is 65.2 Å². The van der Waals surface area contributed by atoms with E-state index < -0.39 is 0 Å². The Morgan fingerprint density at radius 3 is 2.44 bits per heavy atom. The maximum Gasteiger partial charge on any atom is 0.00684 e. The van der Waals surface area contributed by atoms with Gasteiger partial charge in [0.05, 0.1) is 0 Å². The molecule has 2 rings (SSSR count). The van der Waals surface area contributed by atoms with E-state index in [1.54, 1.807) is 0 Å². The Morgan fingerprint density at radius 2 is 1.89 bits per heavy atom. The van der Waals surface area contributed by atoms with E-state index in [0.717, 1.165) is 6.04 Å². The van der Waals surface area contributed by atoms with Crippen molar-refractivity contribution in [2.75, 3.05) is 26.2 Å². The summed E-state index contributed by atoms with van der Waals surface area (Å²) in [6.07, 6.45) is 11.3. The molecule has 2 aliphatic carbocycles. The molecule has 1 N–H and O–H groups in total. The number of unbranched alkanes of at least 4 members (excludes halogenated alkanes) is 1. The minimum atomic E-state index is 0.604. The molecule has 0 unspecified atom stereocenters. The van der Waals surface area contributed by atoms with E-state index >= 15 is 0 Å². The van der Waals surface area contributed by atoms with Crippen LogP contribution in [0.15, 0.2) is 0 Å². The minimum absolute atomic E-state index is 0.604. The molecule has 0 radical (unpaired) electrons. The molecule has 2 saturated carbocycles. The van der Waals surface area contributed by atoms with Crippen molar-refractivity contribution < 1.29 is 0 Å². The van der Waals surface area contributed by atoms with Gasteiger partial charge in [-0.05, 0) is 50.6 Å². The van der Waals surface area contributed by atoms with Crippen molar-refractivity contribution in [2.45, 2.75) is 71.3 Å². The van der Waals surface area contributed by atoms with E-state index in [9.17, 15) is 0 Å². The molecule has 0 bridgehead atoms. The van der Waals surface area contributed by atoms with Crippen LogP contribution >= 0.6 is 0 Å². The average molecular weight is 252 g/mol. The van der Waals surface area contributed by atoms with Crippen molar-refractivity contribution in [2.24, 2.45) is 5.41 Å². The van der Waals surface area contributed by atoms with E-state index in [2.05, 4.69) is 24.1 Å². The number of rotatable bonds is 9. The van der Waals surface area contributed by atoms with Gasteiger partial charge < -0.3 is 10.2 Å². The summed E-state index contributed by atoms with van der Waals surface area (Å²) < 4.78 is 0. The third kappa shape index (κ3) is 4.24. The first-order chi connectivity index (χ1) is 8.78. The molecule has 0 aromatic heterocycles. The third-order valence-corrected chi connectivity index (χ3v) is 4.84. The zero-order valence-electron chi connectivity index (χ0n) is 12.5. The molecule has 2 heteroatoms. The fourth-order valence-corrected chi connectivity index (χ4v) is 3.37. The van der Waals surface area contributed by atoms with E-state index in [0.29, 0.717) is 5.41 Å². The smallest absolute Gasteiger partial charge is 0.00684 e. The van der Waals surface area contributed by atoms with Crippen LogP contribution in [0.25, 0.3) is 0 Å². The Labute approximate surface area is 114 Å². The molecule has 0 saturated heterocycles. The van der Waals surface area contributed by atoms with E-state index in [-0.39, 0.29) is 0 Å². The first-order valence-electron chi connectivity index (χ1n) is 8.24. The molecule has 106 valence electrons. The number of nitrogens with zero attached hydrogens (tertiary/aromatic N) is 1. The predicted octanol–water partition coefficient (Wildman–Crippen LogP) is 3.42. The topological polar surface area (TPSA) is 15.3 Å². The van der Waals surface area contributed by atoms with Gasteiger partial charge in [0.25, 0.3) is 0 Å². The standard InChI is InChI=1S/C16H32N2/c1-3-5-12-18(4-2)14-16(10-6-7-11-16)13-17-15-8-9-15/h15,17H,3-14H2,1-2H3. The molecule has 0 aliphatic heterocycles. The lowest BCUT2D eigenvalue weighted by Crippen LogP contribution is -2.43. The molecule has 2 fully saturated rings. The highest BCUT2D eigenvalue weighted by Gasteiger charge is 2.36.